The van der Waals surface area contributed by atoms with E-state index in [9.17, 15) is 9.59 Å². The fourth-order valence-corrected chi connectivity index (χ4v) is 3.26. The van der Waals surface area contributed by atoms with Gasteiger partial charge in [-0.25, -0.2) is 4.79 Å². The molecule has 0 fully saturated rings. The Bertz CT molecular complexity index is 996. The Morgan fingerprint density at radius 3 is 2.69 bits per heavy atom. The number of hydrogen-bond acceptors (Lipinski definition) is 4. The second-order valence-corrected chi connectivity index (χ2v) is 7.08. The minimum absolute atomic E-state index is 0.0560. The Hall–Kier alpha value is -2.51. The van der Waals surface area contributed by atoms with Crippen LogP contribution in [0.3, 0.4) is 0 Å². The van der Waals surface area contributed by atoms with Crippen molar-refractivity contribution in [1.29, 1.82) is 0 Å². The molecule has 1 amide bonds. The number of thioether (sulfide) groups is 1. The highest BCUT2D eigenvalue weighted by atomic mass is 35.5. The molecule has 8 heteroatoms. The number of nitrogens with zero attached hydrogens (tertiary/aromatic N) is 1. The van der Waals surface area contributed by atoms with Gasteiger partial charge in [-0.2, -0.15) is 0 Å². The molecule has 0 aliphatic carbocycles. The monoisotopic (exact) mass is 390 g/mol. The third-order valence-electron chi connectivity index (χ3n) is 3.78. The molecule has 0 aliphatic heterocycles. The average Bonchev–Trinajstić information content (AvgIpc) is 2.98. The first-order chi connectivity index (χ1) is 12.5. The van der Waals surface area contributed by atoms with E-state index >= 15 is 0 Å². The normalized spacial score (nSPS) is 10.7. The van der Waals surface area contributed by atoms with Gasteiger partial charge >= 0.3 is 10.7 Å². The van der Waals surface area contributed by atoms with Gasteiger partial charge in [0.1, 0.15) is 0 Å². The second kappa shape index (κ2) is 7.80. The Kier molecular flexibility index (Phi) is 5.49. The molecule has 0 saturated carbocycles. The molecule has 26 heavy (non-hydrogen) atoms. The lowest BCUT2D eigenvalue weighted by Crippen LogP contribution is -2.36. The summed E-state index contributed by atoms with van der Waals surface area (Å²) in [6.45, 7) is 3.81. The summed E-state index contributed by atoms with van der Waals surface area (Å²) in [6.07, 6.45) is 0. The van der Waals surface area contributed by atoms with Gasteiger partial charge in [-0.05, 0) is 53.3 Å². The highest BCUT2D eigenvalue weighted by Gasteiger charge is 2.25. The third kappa shape index (κ3) is 4.00. The molecule has 6 nitrogen and oxygen atoms in total. The molecular formula is C18H17ClN3O3S+. The van der Waals surface area contributed by atoms with E-state index in [2.05, 4.69) is 10.6 Å². The highest BCUT2D eigenvalue weighted by Crippen LogP contribution is 2.23. The lowest BCUT2D eigenvalue weighted by molar-refractivity contribution is -0.704. The number of H-pyrrole nitrogens is 1. The highest BCUT2D eigenvalue weighted by molar-refractivity contribution is 7.99. The zero-order valence-electron chi connectivity index (χ0n) is 14.2. The number of rotatable bonds is 5. The number of halogens is 1. The summed E-state index contributed by atoms with van der Waals surface area (Å²) in [5.74, 6) is -0.183. The smallest absolute Gasteiger partial charge is 0.325 e. The van der Waals surface area contributed by atoms with Gasteiger partial charge in [0.2, 0.25) is 11.6 Å². The van der Waals surface area contributed by atoms with Crippen molar-refractivity contribution in [3.63, 3.8) is 0 Å². The average molecular weight is 391 g/mol. The number of amides is 1. The van der Waals surface area contributed by atoms with Gasteiger partial charge in [0.15, 0.2) is 0 Å². The van der Waals surface area contributed by atoms with Gasteiger partial charge in [-0.1, -0.05) is 35.4 Å². The van der Waals surface area contributed by atoms with Gasteiger partial charge in [-0.15, -0.1) is 0 Å². The molecule has 2 N–H and O–H groups in total. The molecule has 1 heterocycles. The second-order valence-electron chi connectivity index (χ2n) is 5.71. The number of carbonyl (C=O) groups excluding carboxylic acids is 1. The van der Waals surface area contributed by atoms with Gasteiger partial charge in [0.05, 0.1) is 5.75 Å². The maximum absolute atomic E-state index is 12.2. The number of anilines is 1. The topological polar surface area (TPSA) is 79.0 Å². The molecule has 0 aliphatic rings. The largest absolute Gasteiger partial charge is 0.442 e. The van der Waals surface area contributed by atoms with E-state index in [1.807, 2.05) is 38.1 Å². The van der Waals surface area contributed by atoms with Crippen molar-refractivity contribution in [1.82, 2.24) is 5.27 Å². The van der Waals surface area contributed by atoms with E-state index < -0.39 is 5.63 Å². The standard InChI is InChI=1S/C18H16ClN3O3S/c1-11-6-8-13(9-7-11)22-17(18(24)25-21-22)26-10-16(23)20-15-5-3-4-14(19)12(15)2/h3-9H,10H2,1-2H3,(H-,20,21,23,24)/p+1. The van der Waals surface area contributed by atoms with Crippen molar-refractivity contribution in [3.05, 3.63) is 69.0 Å². The van der Waals surface area contributed by atoms with Crippen LogP contribution in [-0.4, -0.2) is 16.9 Å². The number of aromatic nitrogens is 2. The van der Waals surface area contributed by atoms with Crippen molar-refractivity contribution in [3.8, 4) is 5.69 Å². The zero-order valence-corrected chi connectivity index (χ0v) is 15.8. The predicted molar refractivity (Wildman–Crippen MR) is 101 cm³/mol. The fraction of sp³-hybridized carbons (Fsp3) is 0.167. The van der Waals surface area contributed by atoms with Crippen LogP contribution in [0, 0.1) is 13.8 Å². The van der Waals surface area contributed by atoms with E-state index in [4.69, 9.17) is 16.1 Å². The van der Waals surface area contributed by atoms with Crippen LogP contribution in [-0.2, 0) is 4.79 Å². The molecule has 0 saturated heterocycles. The Labute approximate surface area is 159 Å². The van der Waals surface area contributed by atoms with E-state index in [0.717, 1.165) is 28.6 Å². The molecule has 0 radical (unpaired) electrons. The van der Waals surface area contributed by atoms with Gasteiger partial charge in [-0.3, -0.25) is 9.32 Å². The number of aryl methyl sites for hydroxylation is 1. The summed E-state index contributed by atoms with van der Waals surface area (Å²) < 4.78 is 6.40. The summed E-state index contributed by atoms with van der Waals surface area (Å²) in [4.78, 5) is 24.2. The number of hydrogen-bond donors (Lipinski definition) is 2. The van der Waals surface area contributed by atoms with Crippen molar-refractivity contribution in [2.75, 3.05) is 11.1 Å². The Balaban J connectivity index is 1.73. The van der Waals surface area contributed by atoms with Gasteiger partial charge < -0.3 is 5.32 Å². The third-order valence-corrected chi connectivity index (χ3v) is 5.22. The molecular weight excluding hydrogens is 374 g/mol. The van der Waals surface area contributed by atoms with Crippen molar-refractivity contribution >= 4 is 35.0 Å². The predicted octanol–water partition coefficient (Wildman–Crippen LogP) is 3.25. The molecule has 3 rings (SSSR count). The minimum atomic E-state index is -0.526. The Morgan fingerprint density at radius 1 is 1.23 bits per heavy atom. The Morgan fingerprint density at radius 2 is 1.96 bits per heavy atom. The molecule has 0 spiro atoms. The van der Waals surface area contributed by atoms with Crippen LogP contribution in [0.25, 0.3) is 5.69 Å². The van der Waals surface area contributed by atoms with E-state index in [1.54, 1.807) is 18.2 Å². The lowest BCUT2D eigenvalue weighted by Gasteiger charge is -2.08. The zero-order chi connectivity index (χ0) is 18.7. The quantitative estimate of drug-likeness (QED) is 0.517. The first-order valence-electron chi connectivity index (χ1n) is 7.84. The molecule has 0 unspecified atom stereocenters. The summed E-state index contributed by atoms with van der Waals surface area (Å²) in [5.41, 5.74) is 2.77. The molecule has 3 aromatic rings. The fourth-order valence-electron chi connectivity index (χ4n) is 2.31. The SMILES string of the molecule is Cc1ccc(-[n+]2[nH]oc(=O)c2SCC(=O)Nc2cccc(Cl)c2C)cc1. The van der Waals surface area contributed by atoms with Crippen LogP contribution in [0.5, 0.6) is 0 Å². The van der Waals surface area contributed by atoms with Gasteiger partial charge in [0, 0.05) is 22.8 Å². The van der Waals surface area contributed by atoms with Crippen LogP contribution in [0.4, 0.5) is 5.69 Å². The number of aromatic amines is 1. The van der Waals surface area contributed by atoms with Crippen molar-refractivity contribution < 1.29 is 14.0 Å². The first-order valence-corrected chi connectivity index (χ1v) is 9.20. The number of benzene rings is 2. The molecule has 1 aromatic heterocycles. The van der Waals surface area contributed by atoms with Crippen LogP contribution in [0.2, 0.25) is 5.02 Å². The summed E-state index contributed by atoms with van der Waals surface area (Å²) in [6, 6.07) is 12.9. The molecule has 0 bridgehead atoms. The first kappa shape index (κ1) is 18.3. The van der Waals surface area contributed by atoms with E-state index in [0.29, 0.717) is 15.7 Å². The van der Waals surface area contributed by atoms with Gasteiger partial charge in [0.25, 0.3) is 0 Å². The maximum Gasteiger partial charge on any atom is 0.442 e. The molecule has 0 atom stereocenters. The van der Waals surface area contributed by atoms with Crippen LogP contribution >= 0.6 is 23.4 Å². The summed E-state index contributed by atoms with van der Waals surface area (Å²) in [5, 5.41) is 6.24. The maximum atomic E-state index is 12.2. The summed E-state index contributed by atoms with van der Waals surface area (Å²) >= 11 is 7.16. The van der Waals surface area contributed by atoms with Crippen LogP contribution in [0.1, 0.15) is 11.1 Å². The minimum Gasteiger partial charge on any atom is -0.325 e. The molecule has 134 valence electrons. The molecule has 2 aromatic carbocycles. The van der Waals surface area contributed by atoms with E-state index in [-0.39, 0.29) is 11.7 Å². The van der Waals surface area contributed by atoms with E-state index in [1.165, 1.54) is 4.68 Å². The number of nitrogens with one attached hydrogen (secondary N) is 2. The van der Waals surface area contributed by atoms with Crippen LogP contribution < -0.4 is 15.6 Å². The summed E-state index contributed by atoms with van der Waals surface area (Å²) in [7, 11) is 0. The number of carbonyl (C=O) groups is 1. The van der Waals surface area contributed by atoms with Crippen molar-refractivity contribution in [2.24, 2.45) is 0 Å². The lowest BCUT2D eigenvalue weighted by atomic mass is 10.2. The van der Waals surface area contributed by atoms with Crippen LogP contribution in [0.15, 0.2) is 56.8 Å². The van der Waals surface area contributed by atoms with Crippen molar-refractivity contribution in [2.45, 2.75) is 18.9 Å².